The quantitative estimate of drug-likeness (QED) is 0.150. The summed E-state index contributed by atoms with van der Waals surface area (Å²) in [4.78, 5) is 0. The molecular weight excluding hydrogens is 903 g/mol. The Bertz CT molecular complexity index is 3340. The fourth-order valence-electron chi connectivity index (χ4n) is 10.9. The van der Waals surface area contributed by atoms with Crippen molar-refractivity contribution in [1.29, 1.82) is 0 Å². The van der Waals surface area contributed by atoms with E-state index in [1.54, 1.807) is 0 Å². The third kappa shape index (κ3) is 10.4. The molecule has 378 valence electrons. The maximum atomic E-state index is 2.52. The van der Waals surface area contributed by atoms with Crippen LogP contribution in [0.4, 0.5) is 0 Å². The summed E-state index contributed by atoms with van der Waals surface area (Å²) < 4.78 is 2.52. The number of para-hydroxylation sites is 1. The van der Waals surface area contributed by atoms with Crippen molar-refractivity contribution in [3.63, 3.8) is 0 Å². The van der Waals surface area contributed by atoms with Crippen LogP contribution >= 0.6 is 0 Å². The molecule has 0 radical (unpaired) electrons. The van der Waals surface area contributed by atoms with Crippen molar-refractivity contribution in [1.82, 2.24) is 4.57 Å². The van der Waals surface area contributed by atoms with Crippen molar-refractivity contribution in [2.75, 3.05) is 0 Å². The molecule has 1 heterocycles. The lowest BCUT2D eigenvalue weighted by Gasteiger charge is -2.24. The first-order chi connectivity index (χ1) is 35.3. The highest BCUT2D eigenvalue weighted by Gasteiger charge is 2.24. The largest absolute Gasteiger partial charge is 0.309 e. The number of benzene rings is 9. The molecule has 1 nitrogen and oxygen atoms in total. The summed E-state index contributed by atoms with van der Waals surface area (Å²) in [5, 5.41) is 2.46. The van der Waals surface area contributed by atoms with Gasteiger partial charge in [-0.05, 0) is 188 Å². The summed E-state index contributed by atoms with van der Waals surface area (Å²) >= 11 is 0. The molecule has 0 amide bonds. The topological polar surface area (TPSA) is 4.93 Å². The average molecular weight is 980 g/mol. The van der Waals surface area contributed by atoms with Crippen molar-refractivity contribution in [2.24, 2.45) is 0 Å². The first kappa shape index (κ1) is 51.3. The molecule has 0 aliphatic carbocycles. The Hall–Kier alpha value is -7.22. The molecule has 10 rings (SSSR count). The van der Waals surface area contributed by atoms with E-state index in [0.29, 0.717) is 0 Å². The van der Waals surface area contributed by atoms with Gasteiger partial charge in [0.15, 0.2) is 0 Å². The fourth-order valence-corrected chi connectivity index (χ4v) is 10.9. The van der Waals surface area contributed by atoms with Crippen LogP contribution in [0.5, 0.6) is 0 Å². The van der Waals surface area contributed by atoms with Crippen LogP contribution in [0.2, 0.25) is 0 Å². The standard InChI is InChI=1S/C74H77N/c1-70(2,3)60-30-20-48(21-31-60)54-40-55(49-22-32-61(33-23-49)71(4,5)6)43-58(42-54)52-28-38-67-64(46-52)65-47-53(29-39-68(65)75(67)69-19-17-16-18-66(69)74(13,14)15)59-44-56(50-24-34-62(35-25-50)72(7,8)9)41-57(45-59)51-26-36-63(37-27-51)73(10,11)12/h16-47H,1-15H3. The van der Waals surface area contributed by atoms with Crippen molar-refractivity contribution in [3.05, 3.63) is 222 Å². The molecule has 0 unspecified atom stereocenters. The summed E-state index contributed by atoms with van der Waals surface area (Å²) in [6, 6.07) is 74.5. The van der Waals surface area contributed by atoms with Crippen LogP contribution in [0.3, 0.4) is 0 Å². The van der Waals surface area contributed by atoms with Gasteiger partial charge in [-0.25, -0.2) is 0 Å². The zero-order valence-corrected chi connectivity index (χ0v) is 47.4. The lowest BCUT2D eigenvalue weighted by Crippen LogP contribution is -2.15. The second-order valence-electron chi connectivity index (χ2n) is 26.5. The first-order valence-electron chi connectivity index (χ1n) is 27.2. The second-order valence-corrected chi connectivity index (χ2v) is 26.5. The Balaban J connectivity index is 1.19. The van der Waals surface area contributed by atoms with Crippen LogP contribution in [0.15, 0.2) is 194 Å². The molecule has 0 spiro atoms. The van der Waals surface area contributed by atoms with Gasteiger partial charge in [-0.1, -0.05) is 231 Å². The van der Waals surface area contributed by atoms with Gasteiger partial charge in [0.25, 0.3) is 0 Å². The molecule has 0 N–H and O–H groups in total. The van der Waals surface area contributed by atoms with E-state index in [9.17, 15) is 0 Å². The molecule has 0 fully saturated rings. The molecule has 0 saturated heterocycles. The van der Waals surface area contributed by atoms with E-state index in [1.165, 1.54) is 122 Å². The molecule has 0 aliphatic heterocycles. The number of nitrogens with zero attached hydrogens (tertiary/aromatic N) is 1. The highest BCUT2D eigenvalue weighted by Crippen LogP contribution is 2.43. The van der Waals surface area contributed by atoms with Gasteiger partial charge in [0.05, 0.1) is 11.0 Å². The molecule has 0 bridgehead atoms. The minimum atomic E-state index is -0.0700. The first-order valence-corrected chi connectivity index (χ1v) is 27.2. The fraction of sp³-hybridized carbons (Fsp3) is 0.270. The Morgan fingerprint density at radius 2 is 0.480 bits per heavy atom. The van der Waals surface area contributed by atoms with Crippen LogP contribution < -0.4 is 0 Å². The molecule has 9 aromatic carbocycles. The van der Waals surface area contributed by atoms with Crippen LogP contribution in [0.1, 0.15) is 132 Å². The van der Waals surface area contributed by atoms with E-state index >= 15 is 0 Å². The summed E-state index contributed by atoms with van der Waals surface area (Å²) in [5.74, 6) is 0. The third-order valence-electron chi connectivity index (χ3n) is 15.6. The van der Waals surface area contributed by atoms with Gasteiger partial charge >= 0.3 is 0 Å². The highest BCUT2D eigenvalue weighted by atomic mass is 15.0. The zero-order valence-electron chi connectivity index (χ0n) is 47.4. The molecule has 75 heavy (non-hydrogen) atoms. The molecular formula is C74H77N. The summed E-state index contributed by atoms with van der Waals surface area (Å²) in [5.41, 5.74) is 25.0. The Labute approximate surface area is 449 Å². The van der Waals surface area contributed by atoms with Gasteiger partial charge in [-0.3, -0.25) is 0 Å². The van der Waals surface area contributed by atoms with Crippen molar-refractivity contribution < 1.29 is 0 Å². The van der Waals surface area contributed by atoms with Gasteiger partial charge in [0.2, 0.25) is 0 Å². The van der Waals surface area contributed by atoms with E-state index in [4.69, 9.17) is 0 Å². The van der Waals surface area contributed by atoms with E-state index < -0.39 is 0 Å². The van der Waals surface area contributed by atoms with E-state index in [-0.39, 0.29) is 27.1 Å². The average Bonchev–Trinajstić information content (AvgIpc) is 3.71. The van der Waals surface area contributed by atoms with Gasteiger partial charge in [-0.15, -0.1) is 0 Å². The molecule has 0 aliphatic rings. The molecule has 10 aromatic rings. The van der Waals surface area contributed by atoms with Crippen molar-refractivity contribution in [3.8, 4) is 72.4 Å². The monoisotopic (exact) mass is 980 g/mol. The van der Waals surface area contributed by atoms with Gasteiger partial charge in [0, 0.05) is 16.5 Å². The Kier molecular flexibility index (Phi) is 12.9. The van der Waals surface area contributed by atoms with Crippen LogP contribution in [0, 0.1) is 0 Å². The molecule has 1 heteroatoms. The minimum Gasteiger partial charge on any atom is -0.309 e. The normalized spacial score (nSPS) is 12.7. The highest BCUT2D eigenvalue weighted by molar-refractivity contribution is 6.12. The van der Waals surface area contributed by atoms with Gasteiger partial charge in [-0.2, -0.15) is 0 Å². The van der Waals surface area contributed by atoms with Gasteiger partial charge < -0.3 is 4.57 Å². The SMILES string of the molecule is CC(C)(C)c1ccc(-c2cc(-c3ccc(C(C)(C)C)cc3)cc(-c3ccc4c(c3)c3cc(-c5cc(-c6ccc(C(C)(C)C)cc6)cc(-c6ccc(C(C)(C)C)cc6)c5)ccc3n4-c3ccccc3C(C)(C)C)c2)cc1. The summed E-state index contributed by atoms with van der Waals surface area (Å²) in [6.45, 7) is 34.4. The number of hydrogen-bond donors (Lipinski definition) is 0. The smallest absolute Gasteiger partial charge is 0.0541 e. The maximum absolute atomic E-state index is 2.52. The van der Waals surface area contributed by atoms with Crippen molar-refractivity contribution in [2.45, 2.75) is 131 Å². The van der Waals surface area contributed by atoms with Gasteiger partial charge in [0.1, 0.15) is 0 Å². The van der Waals surface area contributed by atoms with E-state index in [2.05, 4.69) is 303 Å². The molecule has 0 saturated carbocycles. The van der Waals surface area contributed by atoms with E-state index in [1.807, 2.05) is 0 Å². The molecule has 0 atom stereocenters. The predicted molar refractivity (Wildman–Crippen MR) is 327 cm³/mol. The summed E-state index contributed by atoms with van der Waals surface area (Å²) in [7, 11) is 0. The van der Waals surface area contributed by atoms with Crippen LogP contribution in [-0.2, 0) is 27.1 Å². The lowest BCUT2D eigenvalue weighted by atomic mass is 9.85. The third-order valence-corrected chi connectivity index (χ3v) is 15.6. The number of rotatable bonds is 7. The Morgan fingerprint density at radius 1 is 0.227 bits per heavy atom. The minimum absolute atomic E-state index is 0.0700. The van der Waals surface area contributed by atoms with E-state index in [0.717, 1.165) is 0 Å². The number of aromatic nitrogens is 1. The Morgan fingerprint density at radius 3 is 0.747 bits per heavy atom. The molecule has 1 aromatic heterocycles. The lowest BCUT2D eigenvalue weighted by molar-refractivity contribution is 0.587. The maximum Gasteiger partial charge on any atom is 0.0541 e. The van der Waals surface area contributed by atoms with Crippen molar-refractivity contribution >= 4 is 21.8 Å². The predicted octanol–water partition coefficient (Wildman–Crippen LogP) is 21.3. The second kappa shape index (κ2) is 18.9. The number of hydrogen-bond acceptors (Lipinski definition) is 0. The summed E-state index contributed by atoms with van der Waals surface area (Å²) in [6.07, 6.45) is 0. The van der Waals surface area contributed by atoms with Crippen LogP contribution in [0.25, 0.3) is 94.3 Å². The van der Waals surface area contributed by atoms with Crippen LogP contribution in [-0.4, -0.2) is 4.57 Å². The number of fused-ring (bicyclic) bond motifs is 3. The zero-order chi connectivity index (χ0) is 53.4.